The van der Waals surface area contributed by atoms with Crippen molar-refractivity contribution >= 4 is 17.9 Å². The van der Waals surface area contributed by atoms with E-state index in [0.717, 1.165) is 64.2 Å². The van der Waals surface area contributed by atoms with Crippen LogP contribution >= 0.6 is 0 Å². The second-order valence-electron chi connectivity index (χ2n) is 19.5. The molecule has 67 heavy (non-hydrogen) atoms. The lowest BCUT2D eigenvalue weighted by atomic mass is 10.0. The van der Waals surface area contributed by atoms with E-state index in [9.17, 15) is 14.4 Å². The van der Waals surface area contributed by atoms with Crippen LogP contribution in [0, 0.1) is 0 Å². The number of hydrogen-bond donors (Lipinski definition) is 0. The first-order valence-electron chi connectivity index (χ1n) is 29.1. The van der Waals surface area contributed by atoms with Crippen LogP contribution in [0.1, 0.15) is 303 Å². The highest BCUT2D eigenvalue weighted by atomic mass is 16.6. The zero-order valence-corrected chi connectivity index (χ0v) is 44.7. The highest BCUT2D eigenvalue weighted by Gasteiger charge is 2.19. The summed E-state index contributed by atoms with van der Waals surface area (Å²) in [5.74, 6) is -0.958. The molecule has 0 amide bonds. The minimum absolute atomic E-state index is 0.0904. The molecule has 0 bridgehead atoms. The van der Waals surface area contributed by atoms with E-state index in [-0.39, 0.29) is 37.5 Å². The van der Waals surface area contributed by atoms with E-state index in [1.165, 1.54) is 193 Å². The van der Waals surface area contributed by atoms with Crippen LogP contribution < -0.4 is 0 Å². The van der Waals surface area contributed by atoms with E-state index >= 15 is 0 Å². The van der Waals surface area contributed by atoms with Gasteiger partial charge in [-0.3, -0.25) is 14.4 Å². The Morgan fingerprint density at radius 3 is 0.910 bits per heavy atom. The second kappa shape index (κ2) is 56.0. The van der Waals surface area contributed by atoms with Crippen LogP contribution in [0.5, 0.6) is 0 Å². The van der Waals surface area contributed by atoms with Crippen molar-refractivity contribution in [2.75, 3.05) is 13.2 Å². The van der Waals surface area contributed by atoms with E-state index in [0.29, 0.717) is 19.3 Å². The second-order valence-corrected chi connectivity index (χ2v) is 19.5. The molecule has 0 saturated heterocycles. The molecule has 6 nitrogen and oxygen atoms in total. The molecular formula is C61H110O6. The summed E-state index contributed by atoms with van der Waals surface area (Å²) in [4.78, 5) is 38.1. The molecule has 0 saturated carbocycles. The summed E-state index contributed by atoms with van der Waals surface area (Å²) in [6.07, 6.45) is 68.4. The summed E-state index contributed by atoms with van der Waals surface area (Å²) in [7, 11) is 0. The Morgan fingerprint density at radius 1 is 0.313 bits per heavy atom. The van der Waals surface area contributed by atoms with Crippen molar-refractivity contribution < 1.29 is 28.6 Å². The van der Waals surface area contributed by atoms with E-state index in [4.69, 9.17) is 14.2 Å². The Hall–Kier alpha value is -2.63. The highest BCUT2D eigenvalue weighted by molar-refractivity contribution is 5.71. The minimum Gasteiger partial charge on any atom is -0.462 e. The van der Waals surface area contributed by atoms with Gasteiger partial charge in [-0.15, -0.1) is 0 Å². The molecule has 0 aliphatic carbocycles. The summed E-state index contributed by atoms with van der Waals surface area (Å²) in [5.41, 5.74) is 0. The lowest BCUT2D eigenvalue weighted by Gasteiger charge is -2.18. The van der Waals surface area contributed by atoms with Crippen molar-refractivity contribution in [2.45, 2.75) is 309 Å². The highest BCUT2D eigenvalue weighted by Crippen LogP contribution is 2.17. The number of rotatable bonds is 53. The molecule has 0 aliphatic heterocycles. The van der Waals surface area contributed by atoms with Gasteiger partial charge in [-0.2, -0.15) is 0 Å². The largest absolute Gasteiger partial charge is 0.462 e. The van der Waals surface area contributed by atoms with Crippen molar-refractivity contribution in [3.8, 4) is 0 Å². The first-order valence-corrected chi connectivity index (χ1v) is 29.1. The Morgan fingerprint density at radius 2 is 0.582 bits per heavy atom. The summed E-state index contributed by atoms with van der Waals surface area (Å²) in [5, 5.41) is 0. The van der Waals surface area contributed by atoms with E-state index in [1.807, 2.05) is 6.08 Å². The SMILES string of the molecule is CC/C=C\C/C=C\C/C=C\C/C=C\CCC(=O)OCC(COC(=O)CCCCCCCCCCCCCCCCCCCCC)OC(=O)CCCCCCCCCCCCCCCCCCC. The normalized spacial score (nSPS) is 12.3. The van der Waals surface area contributed by atoms with E-state index in [1.54, 1.807) is 0 Å². The molecule has 0 heterocycles. The molecule has 1 atom stereocenters. The number of hydrogen-bond acceptors (Lipinski definition) is 6. The van der Waals surface area contributed by atoms with Gasteiger partial charge in [-0.25, -0.2) is 0 Å². The van der Waals surface area contributed by atoms with E-state index in [2.05, 4.69) is 63.3 Å². The van der Waals surface area contributed by atoms with Crippen LogP contribution in [-0.4, -0.2) is 37.2 Å². The van der Waals surface area contributed by atoms with Crippen molar-refractivity contribution in [1.29, 1.82) is 0 Å². The molecule has 0 aliphatic rings. The molecule has 0 rings (SSSR count). The molecule has 1 unspecified atom stereocenters. The Kier molecular flexibility index (Phi) is 53.8. The summed E-state index contributed by atoms with van der Waals surface area (Å²) in [6.45, 7) is 6.51. The van der Waals surface area contributed by atoms with Gasteiger partial charge in [0.05, 0.1) is 0 Å². The molecule has 0 radical (unpaired) electrons. The number of esters is 3. The summed E-state index contributed by atoms with van der Waals surface area (Å²) >= 11 is 0. The summed E-state index contributed by atoms with van der Waals surface area (Å²) in [6, 6.07) is 0. The molecule has 6 heteroatoms. The van der Waals surface area contributed by atoms with Gasteiger partial charge >= 0.3 is 17.9 Å². The van der Waals surface area contributed by atoms with Crippen molar-refractivity contribution in [3.63, 3.8) is 0 Å². The third-order valence-corrected chi connectivity index (χ3v) is 12.9. The fraction of sp³-hybridized carbons (Fsp3) is 0.820. The maximum atomic E-state index is 12.8. The van der Waals surface area contributed by atoms with Gasteiger partial charge in [-0.1, -0.05) is 288 Å². The van der Waals surface area contributed by atoms with Gasteiger partial charge in [0.25, 0.3) is 0 Å². The predicted molar refractivity (Wildman–Crippen MR) is 289 cm³/mol. The third-order valence-electron chi connectivity index (χ3n) is 12.9. The van der Waals surface area contributed by atoms with Gasteiger partial charge in [0.2, 0.25) is 0 Å². The van der Waals surface area contributed by atoms with Crippen LogP contribution in [0.25, 0.3) is 0 Å². The van der Waals surface area contributed by atoms with Gasteiger partial charge < -0.3 is 14.2 Å². The predicted octanol–water partition coefficient (Wildman–Crippen LogP) is 19.4. The number of carbonyl (C=O) groups excluding carboxylic acids is 3. The molecule has 0 fully saturated rings. The topological polar surface area (TPSA) is 78.9 Å². The molecule has 0 aromatic rings. The number of allylic oxidation sites excluding steroid dienone is 8. The average molecular weight is 940 g/mol. The van der Waals surface area contributed by atoms with Crippen molar-refractivity contribution in [2.24, 2.45) is 0 Å². The molecular weight excluding hydrogens is 829 g/mol. The van der Waals surface area contributed by atoms with E-state index < -0.39 is 6.10 Å². The van der Waals surface area contributed by atoms with Gasteiger partial charge in [-0.05, 0) is 44.9 Å². The van der Waals surface area contributed by atoms with Crippen LogP contribution in [0.2, 0.25) is 0 Å². The Bertz CT molecular complexity index is 1170. The monoisotopic (exact) mass is 939 g/mol. The lowest BCUT2D eigenvalue weighted by molar-refractivity contribution is -0.166. The van der Waals surface area contributed by atoms with Gasteiger partial charge in [0, 0.05) is 19.3 Å². The smallest absolute Gasteiger partial charge is 0.306 e. The fourth-order valence-corrected chi connectivity index (χ4v) is 8.52. The zero-order valence-electron chi connectivity index (χ0n) is 44.7. The minimum atomic E-state index is -0.798. The summed E-state index contributed by atoms with van der Waals surface area (Å²) < 4.78 is 16.8. The Balaban J connectivity index is 4.36. The van der Waals surface area contributed by atoms with Crippen LogP contribution in [0.4, 0.5) is 0 Å². The van der Waals surface area contributed by atoms with Crippen molar-refractivity contribution in [3.05, 3.63) is 48.6 Å². The first-order chi connectivity index (χ1) is 33.0. The van der Waals surface area contributed by atoms with Gasteiger partial charge in [0.15, 0.2) is 6.10 Å². The number of ether oxygens (including phenoxy) is 3. The number of carbonyl (C=O) groups is 3. The van der Waals surface area contributed by atoms with Gasteiger partial charge in [0.1, 0.15) is 13.2 Å². The first kappa shape index (κ1) is 64.4. The molecule has 0 aromatic heterocycles. The van der Waals surface area contributed by atoms with Crippen LogP contribution in [0.3, 0.4) is 0 Å². The number of unbranched alkanes of at least 4 members (excludes halogenated alkanes) is 34. The van der Waals surface area contributed by atoms with Crippen LogP contribution in [-0.2, 0) is 28.6 Å². The van der Waals surface area contributed by atoms with Crippen LogP contribution in [0.15, 0.2) is 48.6 Å². The molecule has 390 valence electrons. The molecule has 0 aromatic carbocycles. The maximum absolute atomic E-state index is 12.8. The standard InChI is InChI=1S/C61H110O6/c1-4-7-10-13-16-19-22-25-27-29-30-32-33-36-39-42-45-48-51-54-60(63)66-57-58(56-65-59(62)53-50-47-44-41-38-35-24-21-18-15-12-9-6-3)67-61(64)55-52-49-46-43-40-37-34-31-28-26-23-20-17-14-11-8-5-2/h9,12,18,21,35,38,44,47,58H,4-8,10-11,13-17,19-20,22-34,36-37,39-43,45-46,48-57H2,1-3H3/b12-9-,21-18-,38-35-,47-44-. The fourth-order valence-electron chi connectivity index (χ4n) is 8.52. The van der Waals surface area contributed by atoms with Crippen molar-refractivity contribution in [1.82, 2.24) is 0 Å². The quantitative estimate of drug-likeness (QED) is 0.0262. The lowest BCUT2D eigenvalue weighted by Crippen LogP contribution is -2.30. The molecule has 0 spiro atoms. The molecule has 0 N–H and O–H groups in total. The third kappa shape index (κ3) is 54.2. The average Bonchev–Trinajstić information content (AvgIpc) is 3.33. The zero-order chi connectivity index (χ0) is 48.6. The maximum Gasteiger partial charge on any atom is 0.306 e. The Labute approximate surface area is 416 Å².